The van der Waals surface area contributed by atoms with E-state index in [4.69, 9.17) is 9.94 Å². The number of rotatable bonds is 3. The molecule has 26 heavy (non-hydrogen) atoms. The van der Waals surface area contributed by atoms with Gasteiger partial charge in [0.2, 0.25) is 6.61 Å². The predicted octanol–water partition coefficient (Wildman–Crippen LogP) is 3.08. The SMILES string of the molecule is CC12CCC3c4ccc(O)cc4/C(=N/OCC(=O)O)CC3C1CCC2=O. The smallest absolute Gasteiger partial charge is 0.344 e. The highest BCUT2D eigenvalue weighted by atomic mass is 16.6. The molecule has 0 aliphatic heterocycles. The molecule has 6 nitrogen and oxygen atoms in total. The summed E-state index contributed by atoms with van der Waals surface area (Å²) in [6.45, 7) is 1.61. The van der Waals surface area contributed by atoms with Gasteiger partial charge in [-0.1, -0.05) is 18.1 Å². The Labute approximate surface area is 151 Å². The van der Waals surface area contributed by atoms with Crippen molar-refractivity contribution in [2.45, 2.75) is 44.9 Å². The molecule has 3 aliphatic carbocycles. The van der Waals surface area contributed by atoms with Crippen LogP contribution >= 0.6 is 0 Å². The number of aliphatic carboxylic acids is 1. The molecule has 4 rings (SSSR count). The number of ketones is 1. The van der Waals surface area contributed by atoms with Gasteiger partial charge in [0.25, 0.3) is 0 Å². The standard InChI is InChI=1S/C20H23NO5/c1-20-7-6-13-12-3-2-11(22)8-15(12)17(21-26-10-19(24)25)9-14(13)16(20)4-5-18(20)23/h2-3,8,13-14,16,22H,4-7,9-10H2,1H3,(H,24,25)/b21-17+. The summed E-state index contributed by atoms with van der Waals surface area (Å²) in [6.07, 6.45) is 4.06. The van der Waals surface area contributed by atoms with Gasteiger partial charge in [0.1, 0.15) is 11.5 Å². The first-order valence-corrected chi connectivity index (χ1v) is 9.17. The first kappa shape index (κ1) is 17.1. The van der Waals surface area contributed by atoms with Crippen LogP contribution in [0.3, 0.4) is 0 Å². The van der Waals surface area contributed by atoms with Gasteiger partial charge in [-0.2, -0.15) is 0 Å². The van der Waals surface area contributed by atoms with E-state index in [0.29, 0.717) is 42.1 Å². The van der Waals surface area contributed by atoms with Crippen LogP contribution in [0.4, 0.5) is 0 Å². The summed E-state index contributed by atoms with van der Waals surface area (Å²) < 4.78 is 0. The lowest BCUT2D eigenvalue weighted by molar-refractivity contribution is -0.142. The highest BCUT2D eigenvalue weighted by Gasteiger charge is 2.55. The van der Waals surface area contributed by atoms with E-state index in [1.54, 1.807) is 12.1 Å². The molecule has 2 fully saturated rings. The van der Waals surface area contributed by atoms with E-state index in [-0.39, 0.29) is 11.2 Å². The fraction of sp³-hybridized carbons (Fsp3) is 0.550. The summed E-state index contributed by atoms with van der Waals surface area (Å²) in [5, 5.41) is 22.8. The second kappa shape index (κ2) is 6.11. The summed E-state index contributed by atoms with van der Waals surface area (Å²) in [4.78, 5) is 28.2. The molecule has 0 amide bonds. The van der Waals surface area contributed by atoms with Crippen molar-refractivity contribution in [3.63, 3.8) is 0 Å². The predicted molar refractivity (Wildman–Crippen MR) is 94.2 cm³/mol. The number of benzene rings is 1. The van der Waals surface area contributed by atoms with Gasteiger partial charge in [0, 0.05) is 17.4 Å². The van der Waals surface area contributed by atoms with Gasteiger partial charge in [-0.15, -0.1) is 0 Å². The van der Waals surface area contributed by atoms with Gasteiger partial charge in [-0.05, 0) is 61.1 Å². The molecule has 0 spiro atoms. The molecule has 0 heterocycles. The minimum absolute atomic E-state index is 0.157. The number of hydrogen-bond donors (Lipinski definition) is 2. The lowest BCUT2D eigenvalue weighted by Crippen LogP contribution is -2.43. The maximum Gasteiger partial charge on any atom is 0.344 e. The van der Waals surface area contributed by atoms with Crippen molar-refractivity contribution < 1.29 is 24.6 Å². The fourth-order valence-electron chi connectivity index (χ4n) is 5.43. The van der Waals surface area contributed by atoms with Crippen LogP contribution in [0, 0.1) is 17.3 Å². The van der Waals surface area contributed by atoms with Crippen molar-refractivity contribution in [3.8, 4) is 5.75 Å². The van der Waals surface area contributed by atoms with E-state index in [1.165, 1.54) is 0 Å². The maximum atomic E-state index is 12.5. The zero-order chi connectivity index (χ0) is 18.5. The van der Waals surface area contributed by atoms with E-state index < -0.39 is 12.6 Å². The summed E-state index contributed by atoms with van der Waals surface area (Å²) >= 11 is 0. The molecule has 138 valence electrons. The number of aromatic hydroxyl groups is 1. The summed E-state index contributed by atoms with van der Waals surface area (Å²) in [7, 11) is 0. The molecule has 0 bridgehead atoms. The largest absolute Gasteiger partial charge is 0.508 e. The second-order valence-corrected chi connectivity index (χ2v) is 7.98. The molecule has 4 unspecified atom stereocenters. The van der Waals surface area contributed by atoms with Crippen LogP contribution in [0.25, 0.3) is 0 Å². The van der Waals surface area contributed by atoms with Crippen molar-refractivity contribution in [2.24, 2.45) is 22.4 Å². The van der Waals surface area contributed by atoms with E-state index in [1.807, 2.05) is 6.07 Å². The second-order valence-electron chi connectivity index (χ2n) is 7.98. The van der Waals surface area contributed by atoms with Crippen LogP contribution in [-0.4, -0.2) is 34.3 Å². The molecule has 0 saturated heterocycles. The van der Waals surface area contributed by atoms with Crippen molar-refractivity contribution in [2.75, 3.05) is 6.61 Å². The summed E-state index contributed by atoms with van der Waals surface area (Å²) in [6, 6.07) is 5.31. The third-order valence-electron chi connectivity index (χ3n) is 6.69. The number of carboxylic acids is 1. The van der Waals surface area contributed by atoms with Gasteiger partial charge in [0.05, 0.1) is 5.71 Å². The molecule has 1 aromatic rings. The monoisotopic (exact) mass is 357 g/mol. The Morgan fingerprint density at radius 2 is 2.19 bits per heavy atom. The Morgan fingerprint density at radius 3 is 2.96 bits per heavy atom. The van der Waals surface area contributed by atoms with Gasteiger partial charge in [0.15, 0.2) is 0 Å². The van der Waals surface area contributed by atoms with Crippen molar-refractivity contribution in [1.29, 1.82) is 0 Å². The normalized spacial score (nSPS) is 34.1. The van der Waals surface area contributed by atoms with Crippen LogP contribution in [0.2, 0.25) is 0 Å². The Bertz CT molecular complexity index is 801. The van der Waals surface area contributed by atoms with Crippen LogP contribution < -0.4 is 0 Å². The Balaban J connectivity index is 1.73. The topological polar surface area (TPSA) is 96.2 Å². The maximum absolute atomic E-state index is 12.5. The Kier molecular flexibility index (Phi) is 4.01. The highest BCUT2D eigenvalue weighted by molar-refractivity contribution is 6.03. The number of nitrogens with zero attached hydrogens (tertiary/aromatic N) is 1. The van der Waals surface area contributed by atoms with E-state index in [0.717, 1.165) is 30.4 Å². The van der Waals surface area contributed by atoms with Gasteiger partial charge < -0.3 is 15.1 Å². The Hall–Kier alpha value is -2.37. The minimum Gasteiger partial charge on any atom is -0.508 e. The van der Waals surface area contributed by atoms with Crippen LogP contribution in [0.1, 0.15) is 56.1 Å². The molecular weight excluding hydrogens is 334 g/mol. The number of carbonyl (C=O) groups excluding carboxylic acids is 1. The first-order valence-electron chi connectivity index (χ1n) is 9.17. The van der Waals surface area contributed by atoms with Crippen molar-refractivity contribution in [1.82, 2.24) is 0 Å². The number of Topliss-reactive ketones (excluding diaryl/α,β-unsaturated/α-hetero) is 1. The molecule has 1 aromatic carbocycles. The van der Waals surface area contributed by atoms with E-state index >= 15 is 0 Å². The number of oxime groups is 1. The van der Waals surface area contributed by atoms with Gasteiger partial charge >= 0.3 is 5.97 Å². The molecule has 6 heteroatoms. The van der Waals surface area contributed by atoms with E-state index in [9.17, 15) is 14.7 Å². The van der Waals surface area contributed by atoms with Crippen LogP contribution in [0.15, 0.2) is 23.4 Å². The average molecular weight is 357 g/mol. The quantitative estimate of drug-likeness (QED) is 0.811. The lowest BCUT2D eigenvalue weighted by atomic mass is 9.55. The number of hydrogen-bond acceptors (Lipinski definition) is 5. The minimum atomic E-state index is -1.08. The van der Waals surface area contributed by atoms with Crippen LogP contribution in [-0.2, 0) is 14.4 Å². The summed E-state index contributed by atoms with van der Waals surface area (Å²) in [5.41, 5.74) is 2.38. The van der Waals surface area contributed by atoms with Gasteiger partial charge in [-0.25, -0.2) is 4.79 Å². The molecule has 2 saturated carbocycles. The number of fused-ring (bicyclic) bond motifs is 5. The molecule has 0 radical (unpaired) electrons. The lowest BCUT2D eigenvalue weighted by Gasteiger charge is -2.48. The molecule has 4 atom stereocenters. The fourth-order valence-corrected chi connectivity index (χ4v) is 5.43. The van der Waals surface area contributed by atoms with Gasteiger partial charge in [-0.3, -0.25) is 4.79 Å². The highest BCUT2D eigenvalue weighted by Crippen LogP contribution is 2.59. The molecule has 2 N–H and O–H groups in total. The third kappa shape index (κ3) is 2.59. The number of carboxylic acid groups (broad SMARTS) is 1. The van der Waals surface area contributed by atoms with Crippen LogP contribution in [0.5, 0.6) is 5.75 Å². The zero-order valence-corrected chi connectivity index (χ0v) is 14.8. The number of carbonyl (C=O) groups is 2. The average Bonchev–Trinajstić information content (AvgIpc) is 2.90. The molecule has 3 aliphatic rings. The molecule has 0 aromatic heterocycles. The third-order valence-corrected chi connectivity index (χ3v) is 6.69. The number of phenolic OH excluding ortho intramolecular Hbond substituents is 1. The number of phenols is 1. The van der Waals surface area contributed by atoms with Crippen molar-refractivity contribution in [3.05, 3.63) is 29.3 Å². The first-order chi connectivity index (χ1) is 12.4. The summed E-state index contributed by atoms with van der Waals surface area (Å²) in [5.74, 6) is 0.409. The van der Waals surface area contributed by atoms with E-state index in [2.05, 4.69) is 12.1 Å². The zero-order valence-electron chi connectivity index (χ0n) is 14.8. The molecular formula is C20H23NO5. The Morgan fingerprint density at radius 1 is 1.38 bits per heavy atom. The van der Waals surface area contributed by atoms with Crippen molar-refractivity contribution >= 4 is 17.5 Å².